The van der Waals surface area contributed by atoms with E-state index in [0.29, 0.717) is 40.3 Å². The average Bonchev–Trinajstić information content (AvgIpc) is 3.10. The lowest BCUT2D eigenvalue weighted by molar-refractivity contribution is 0.103. The Hall–Kier alpha value is -2.50. The van der Waals surface area contributed by atoms with Gasteiger partial charge in [0.05, 0.1) is 11.5 Å². The number of halogens is 1. The number of hydrogen-bond acceptors (Lipinski definition) is 4. The minimum absolute atomic E-state index is 0.168. The zero-order valence-corrected chi connectivity index (χ0v) is 15.8. The molecule has 0 bridgehead atoms. The van der Waals surface area contributed by atoms with Gasteiger partial charge in [0.25, 0.3) is 5.91 Å². The fourth-order valence-corrected chi connectivity index (χ4v) is 3.32. The predicted molar refractivity (Wildman–Crippen MR) is 106 cm³/mol. The highest BCUT2D eigenvalue weighted by Crippen LogP contribution is 2.28. The van der Waals surface area contributed by atoms with Gasteiger partial charge in [-0.25, -0.2) is 0 Å². The summed E-state index contributed by atoms with van der Waals surface area (Å²) in [7, 11) is 0. The molecule has 2 aromatic carbocycles. The molecule has 1 N–H and O–H groups in total. The molecule has 4 nitrogen and oxygen atoms in total. The highest BCUT2D eigenvalue weighted by molar-refractivity contribution is 7.12. The first-order chi connectivity index (χ1) is 12.7. The van der Waals surface area contributed by atoms with Crippen molar-refractivity contribution in [2.24, 2.45) is 0 Å². The second-order valence-electron chi connectivity index (χ2n) is 5.45. The van der Waals surface area contributed by atoms with Crippen LogP contribution in [0.1, 0.15) is 22.2 Å². The molecule has 0 saturated heterocycles. The largest absolute Gasteiger partial charge is 0.490 e. The van der Waals surface area contributed by atoms with Crippen LogP contribution in [0.2, 0.25) is 5.02 Å². The summed E-state index contributed by atoms with van der Waals surface area (Å²) in [5.41, 5.74) is 1.59. The van der Waals surface area contributed by atoms with Crippen molar-refractivity contribution in [3.05, 3.63) is 75.4 Å². The lowest BCUT2D eigenvalue weighted by Gasteiger charge is -2.10. The number of amides is 1. The Bertz CT molecular complexity index is 894. The maximum Gasteiger partial charge on any atom is 0.265 e. The Morgan fingerprint density at radius 3 is 2.58 bits per heavy atom. The number of nitrogens with one attached hydrogen (secondary N) is 1. The van der Waals surface area contributed by atoms with Crippen molar-refractivity contribution in [1.29, 1.82) is 0 Å². The lowest BCUT2D eigenvalue weighted by Crippen LogP contribution is -2.10. The lowest BCUT2D eigenvalue weighted by atomic mass is 10.3. The number of thiophene rings is 1. The van der Waals surface area contributed by atoms with Gasteiger partial charge in [0.1, 0.15) is 6.61 Å². The van der Waals surface area contributed by atoms with Gasteiger partial charge in [-0.1, -0.05) is 29.8 Å². The molecule has 0 aliphatic carbocycles. The van der Waals surface area contributed by atoms with Crippen molar-refractivity contribution >= 4 is 34.5 Å². The van der Waals surface area contributed by atoms with Gasteiger partial charge < -0.3 is 14.8 Å². The third kappa shape index (κ3) is 4.77. The Morgan fingerprint density at radius 1 is 1.08 bits per heavy atom. The summed E-state index contributed by atoms with van der Waals surface area (Å²) in [5.74, 6) is 1.23. The molecule has 0 saturated carbocycles. The molecule has 134 valence electrons. The van der Waals surface area contributed by atoms with E-state index in [1.165, 1.54) is 11.3 Å². The molecule has 3 aromatic rings. The van der Waals surface area contributed by atoms with Crippen LogP contribution in [-0.4, -0.2) is 12.5 Å². The Morgan fingerprint density at radius 2 is 1.85 bits per heavy atom. The zero-order chi connectivity index (χ0) is 18.4. The first-order valence-electron chi connectivity index (χ1n) is 8.14. The summed E-state index contributed by atoms with van der Waals surface area (Å²) in [6.07, 6.45) is 0. The molecule has 0 aliphatic rings. The van der Waals surface area contributed by atoms with Crippen molar-refractivity contribution in [2.45, 2.75) is 13.5 Å². The third-order valence-electron chi connectivity index (χ3n) is 3.50. The van der Waals surface area contributed by atoms with Gasteiger partial charge in [-0.05, 0) is 48.7 Å². The average molecular weight is 388 g/mol. The van der Waals surface area contributed by atoms with Crippen LogP contribution in [-0.2, 0) is 6.61 Å². The Kier molecular flexibility index (Phi) is 6.15. The number of para-hydroxylation sites is 2. The maximum atomic E-state index is 12.3. The molecule has 6 heteroatoms. The molecule has 3 rings (SSSR count). The predicted octanol–water partition coefficient (Wildman–Crippen LogP) is 5.63. The van der Waals surface area contributed by atoms with Gasteiger partial charge in [-0.15, -0.1) is 11.3 Å². The minimum Gasteiger partial charge on any atom is -0.490 e. The molecule has 0 unspecified atom stereocenters. The summed E-state index contributed by atoms with van der Waals surface area (Å²) < 4.78 is 11.4. The molecule has 1 aromatic heterocycles. The molecule has 1 heterocycles. The minimum atomic E-state index is -0.168. The summed E-state index contributed by atoms with van der Waals surface area (Å²) in [6, 6.07) is 16.4. The van der Waals surface area contributed by atoms with Gasteiger partial charge in [-0.3, -0.25) is 4.79 Å². The molecular weight excluding hydrogens is 370 g/mol. The molecule has 0 radical (unpaired) electrons. The van der Waals surface area contributed by atoms with Gasteiger partial charge in [0, 0.05) is 16.3 Å². The quantitative estimate of drug-likeness (QED) is 0.571. The second kappa shape index (κ2) is 8.74. The van der Waals surface area contributed by atoms with Crippen LogP contribution in [0.25, 0.3) is 0 Å². The Labute approximate surface area is 161 Å². The SMILES string of the molecule is CCOc1ccccc1OCc1csc(C(=O)Nc2cccc(Cl)c2)c1. The van der Waals surface area contributed by atoms with E-state index >= 15 is 0 Å². The molecule has 26 heavy (non-hydrogen) atoms. The fourth-order valence-electron chi connectivity index (χ4n) is 2.33. The van der Waals surface area contributed by atoms with E-state index in [-0.39, 0.29) is 5.91 Å². The van der Waals surface area contributed by atoms with Crippen molar-refractivity contribution < 1.29 is 14.3 Å². The molecule has 0 aliphatic heterocycles. The van der Waals surface area contributed by atoms with E-state index in [0.717, 1.165) is 5.56 Å². The van der Waals surface area contributed by atoms with Crippen LogP contribution in [0.4, 0.5) is 5.69 Å². The summed E-state index contributed by atoms with van der Waals surface area (Å²) >= 11 is 7.31. The number of rotatable bonds is 7. The van der Waals surface area contributed by atoms with Crippen molar-refractivity contribution in [2.75, 3.05) is 11.9 Å². The molecule has 1 amide bonds. The highest BCUT2D eigenvalue weighted by Gasteiger charge is 2.11. The highest BCUT2D eigenvalue weighted by atomic mass is 35.5. The van der Waals surface area contributed by atoms with Crippen LogP contribution >= 0.6 is 22.9 Å². The van der Waals surface area contributed by atoms with E-state index in [4.69, 9.17) is 21.1 Å². The van der Waals surface area contributed by atoms with E-state index < -0.39 is 0 Å². The number of anilines is 1. The van der Waals surface area contributed by atoms with Crippen molar-refractivity contribution in [3.8, 4) is 11.5 Å². The normalized spacial score (nSPS) is 10.4. The number of ether oxygens (including phenoxy) is 2. The fraction of sp³-hybridized carbons (Fsp3) is 0.150. The smallest absolute Gasteiger partial charge is 0.265 e. The molecule has 0 fully saturated rings. The number of carbonyl (C=O) groups excluding carboxylic acids is 1. The summed E-state index contributed by atoms with van der Waals surface area (Å²) in [4.78, 5) is 13.0. The van der Waals surface area contributed by atoms with Crippen LogP contribution in [0, 0.1) is 0 Å². The van der Waals surface area contributed by atoms with E-state index in [2.05, 4.69) is 5.32 Å². The molecule has 0 spiro atoms. The van der Waals surface area contributed by atoms with Gasteiger partial charge in [0.15, 0.2) is 11.5 Å². The third-order valence-corrected chi connectivity index (χ3v) is 4.72. The molecule has 0 atom stereocenters. The van der Waals surface area contributed by atoms with Crippen LogP contribution in [0.5, 0.6) is 11.5 Å². The van der Waals surface area contributed by atoms with Gasteiger partial charge >= 0.3 is 0 Å². The number of benzene rings is 2. The monoisotopic (exact) mass is 387 g/mol. The van der Waals surface area contributed by atoms with Crippen LogP contribution in [0.15, 0.2) is 60.0 Å². The van der Waals surface area contributed by atoms with E-state index in [1.807, 2.05) is 42.6 Å². The van der Waals surface area contributed by atoms with Crippen molar-refractivity contribution in [3.63, 3.8) is 0 Å². The van der Waals surface area contributed by atoms with Crippen molar-refractivity contribution in [1.82, 2.24) is 0 Å². The van der Waals surface area contributed by atoms with Crippen LogP contribution < -0.4 is 14.8 Å². The topological polar surface area (TPSA) is 47.6 Å². The van der Waals surface area contributed by atoms with E-state index in [1.54, 1.807) is 24.3 Å². The molecular formula is C20H18ClNO3S. The number of hydrogen-bond donors (Lipinski definition) is 1. The first-order valence-corrected chi connectivity index (χ1v) is 9.40. The van der Waals surface area contributed by atoms with Gasteiger partial charge in [0.2, 0.25) is 0 Å². The summed E-state index contributed by atoms with van der Waals surface area (Å²) in [5, 5.41) is 5.33. The maximum absolute atomic E-state index is 12.3. The zero-order valence-electron chi connectivity index (χ0n) is 14.2. The standard InChI is InChI=1S/C20H18ClNO3S/c1-2-24-17-8-3-4-9-18(17)25-12-14-10-19(26-13-14)20(23)22-16-7-5-6-15(21)11-16/h3-11,13H,2,12H2,1H3,(H,22,23). The van der Waals surface area contributed by atoms with Gasteiger partial charge in [-0.2, -0.15) is 0 Å². The Balaban J connectivity index is 1.62. The summed E-state index contributed by atoms with van der Waals surface area (Å²) in [6.45, 7) is 2.87. The van der Waals surface area contributed by atoms with Crippen LogP contribution in [0.3, 0.4) is 0 Å². The second-order valence-corrected chi connectivity index (χ2v) is 6.80. The van der Waals surface area contributed by atoms with E-state index in [9.17, 15) is 4.79 Å². The first kappa shape index (κ1) is 18.3. The number of carbonyl (C=O) groups is 1.